The van der Waals surface area contributed by atoms with Gasteiger partial charge in [0.25, 0.3) is 0 Å². The predicted molar refractivity (Wildman–Crippen MR) is 247 cm³/mol. The zero-order chi connectivity index (χ0) is 48.2. The molecular formula is C50H62N6O10. The fraction of sp³-hybridized carbons (Fsp3) is 0.380. The van der Waals surface area contributed by atoms with E-state index in [1.807, 2.05) is 12.1 Å². The number of carbonyl (C=O) groups is 7. The lowest BCUT2D eigenvalue weighted by molar-refractivity contribution is -0.137. The molecule has 0 aromatic heterocycles. The van der Waals surface area contributed by atoms with Gasteiger partial charge in [-0.1, -0.05) is 149 Å². The van der Waals surface area contributed by atoms with E-state index in [9.17, 15) is 38.7 Å². The summed E-state index contributed by atoms with van der Waals surface area (Å²) in [6, 6.07) is 28.5. The second-order valence-electron chi connectivity index (χ2n) is 16.7. The SMILES string of the molecule is CC(NC(=O)OCc1ccccc1)C(=O)N[C@H](C(=O)N[C@@H](Cc1ccccc1)C(=O)[C@H](O)[C@H](Cc1ccccc1)NC(=O)[C@@H](NC(=O)C(C)NC(=O)OCc1ccccc1)C(C)C)C(C)C. The van der Waals surface area contributed by atoms with Gasteiger partial charge in [-0.15, -0.1) is 0 Å². The largest absolute Gasteiger partial charge is 0.445 e. The summed E-state index contributed by atoms with van der Waals surface area (Å²) in [6.45, 7) is 9.64. The molecule has 7 atom stereocenters. The normalized spacial score (nSPS) is 14.2. The minimum absolute atomic E-state index is 0.0147. The van der Waals surface area contributed by atoms with Gasteiger partial charge in [0.1, 0.15) is 43.5 Å². The van der Waals surface area contributed by atoms with Crippen molar-refractivity contribution in [2.45, 2.75) is 110 Å². The van der Waals surface area contributed by atoms with Crippen LogP contribution in [0.1, 0.15) is 63.8 Å². The molecule has 6 amide bonds. The minimum Gasteiger partial charge on any atom is -0.445 e. The molecular weight excluding hydrogens is 845 g/mol. The summed E-state index contributed by atoms with van der Waals surface area (Å²) < 4.78 is 10.5. The molecule has 4 rings (SSSR count). The molecule has 0 aliphatic rings. The van der Waals surface area contributed by atoms with Gasteiger partial charge in [0.05, 0.1) is 12.1 Å². The highest BCUT2D eigenvalue weighted by molar-refractivity contribution is 5.97. The first-order chi connectivity index (χ1) is 31.5. The van der Waals surface area contributed by atoms with Crippen LogP contribution in [0, 0.1) is 11.8 Å². The maximum Gasteiger partial charge on any atom is 0.408 e. The van der Waals surface area contributed by atoms with Gasteiger partial charge >= 0.3 is 12.2 Å². The van der Waals surface area contributed by atoms with Crippen molar-refractivity contribution in [1.82, 2.24) is 31.9 Å². The lowest BCUT2D eigenvalue weighted by Crippen LogP contribution is -2.61. The summed E-state index contributed by atoms with van der Waals surface area (Å²) in [5.74, 6) is -4.59. The number of aliphatic hydroxyl groups excluding tert-OH is 1. The summed E-state index contributed by atoms with van der Waals surface area (Å²) in [7, 11) is 0. The molecule has 0 aliphatic carbocycles. The van der Waals surface area contributed by atoms with Crippen molar-refractivity contribution in [1.29, 1.82) is 0 Å². The predicted octanol–water partition coefficient (Wildman–Crippen LogP) is 4.28. The Morgan fingerprint density at radius 1 is 0.439 bits per heavy atom. The Morgan fingerprint density at radius 3 is 1.17 bits per heavy atom. The fourth-order valence-corrected chi connectivity index (χ4v) is 6.76. The van der Waals surface area contributed by atoms with Gasteiger partial charge in [-0.2, -0.15) is 0 Å². The maximum atomic E-state index is 14.5. The number of Topliss-reactive ketones (excluding diaryl/α,β-unsaturated/α-hetero) is 1. The number of alkyl carbamates (subject to hydrolysis) is 2. The van der Waals surface area contributed by atoms with Crippen LogP contribution in [0.5, 0.6) is 0 Å². The molecule has 0 bridgehead atoms. The van der Waals surface area contributed by atoms with Crippen molar-refractivity contribution >= 4 is 41.6 Å². The number of carbonyl (C=O) groups excluding carboxylic acids is 7. The van der Waals surface area contributed by atoms with Crippen molar-refractivity contribution in [2.24, 2.45) is 11.8 Å². The Bertz CT molecular complexity index is 2190. The van der Waals surface area contributed by atoms with E-state index in [-0.39, 0.29) is 26.1 Å². The Kier molecular flexibility index (Phi) is 20.3. The number of aliphatic hydroxyl groups is 1. The van der Waals surface area contributed by atoms with Crippen molar-refractivity contribution in [2.75, 3.05) is 0 Å². The zero-order valence-electron chi connectivity index (χ0n) is 38.2. The molecule has 4 aromatic rings. The van der Waals surface area contributed by atoms with Gasteiger partial charge in [0, 0.05) is 0 Å². The van der Waals surface area contributed by atoms with Crippen LogP contribution in [0.3, 0.4) is 0 Å². The van der Waals surface area contributed by atoms with E-state index in [0.717, 1.165) is 11.1 Å². The quantitative estimate of drug-likeness (QED) is 0.0559. The molecule has 0 radical (unpaired) electrons. The van der Waals surface area contributed by atoms with Crippen molar-refractivity contribution in [3.63, 3.8) is 0 Å². The monoisotopic (exact) mass is 906 g/mol. The lowest BCUT2D eigenvalue weighted by atomic mass is 9.91. The molecule has 0 spiro atoms. The first kappa shape index (κ1) is 51.6. The number of nitrogens with one attached hydrogen (secondary N) is 6. The third kappa shape index (κ3) is 16.8. The van der Waals surface area contributed by atoms with Gasteiger partial charge in [0.15, 0.2) is 5.78 Å². The molecule has 2 unspecified atom stereocenters. The van der Waals surface area contributed by atoms with E-state index >= 15 is 0 Å². The first-order valence-corrected chi connectivity index (χ1v) is 22.0. The van der Waals surface area contributed by atoms with Gasteiger partial charge in [-0.3, -0.25) is 24.0 Å². The number of hydrogen-bond donors (Lipinski definition) is 7. The highest BCUT2D eigenvalue weighted by Gasteiger charge is 2.38. The summed E-state index contributed by atoms with van der Waals surface area (Å²) >= 11 is 0. The number of ether oxygens (including phenoxy) is 2. The van der Waals surface area contributed by atoms with Gasteiger partial charge in [-0.05, 0) is 60.8 Å². The molecule has 66 heavy (non-hydrogen) atoms. The minimum atomic E-state index is -1.88. The van der Waals surface area contributed by atoms with E-state index in [2.05, 4.69) is 31.9 Å². The highest BCUT2D eigenvalue weighted by atomic mass is 16.6. The molecule has 0 heterocycles. The molecule has 352 valence electrons. The second kappa shape index (κ2) is 26.0. The standard InChI is InChI=1S/C50H62N6O10/c1-31(2)41(55-45(59)33(5)51-49(63)65-29-37-23-15-9-16-24-37)47(61)53-39(27-35-19-11-7-12-20-35)43(57)44(58)40(28-36-21-13-8-14-22-36)54-48(62)42(32(3)4)56-46(60)34(6)52-50(64)66-30-38-25-17-10-18-26-38/h7-26,31-34,39-43,57H,27-30H2,1-6H3,(H,51,63)(H,52,64)(H,53,61)(H,54,62)(H,55,59)(H,56,60)/t33?,34?,39-,40-,41-,42-,43+/m0/s1. The zero-order valence-corrected chi connectivity index (χ0v) is 38.2. The topological polar surface area (TPSA) is 230 Å². The molecule has 7 N–H and O–H groups in total. The van der Waals surface area contributed by atoms with Crippen LogP contribution in [0.2, 0.25) is 0 Å². The van der Waals surface area contributed by atoms with Gasteiger partial charge < -0.3 is 46.5 Å². The molecule has 0 saturated heterocycles. The Labute approximate surface area is 386 Å². The molecule has 16 heteroatoms. The fourth-order valence-electron chi connectivity index (χ4n) is 6.76. The average Bonchev–Trinajstić information content (AvgIpc) is 3.31. The van der Waals surface area contributed by atoms with Crippen LogP contribution in [0.15, 0.2) is 121 Å². The van der Waals surface area contributed by atoms with Crippen molar-refractivity contribution < 1.29 is 48.1 Å². The van der Waals surface area contributed by atoms with Crippen LogP contribution >= 0.6 is 0 Å². The highest BCUT2D eigenvalue weighted by Crippen LogP contribution is 2.15. The van der Waals surface area contributed by atoms with Crippen LogP contribution in [0.25, 0.3) is 0 Å². The number of ketones is 1. The maximum absolute atomic E-state index is 14.5. The lowest BCUT2D eigenvalue weighted by Gasteiger charge is -2.31. The molecule has 0 saturated carbocycles. The third-order valence-electron chi connectivity index (χ3n) is 10.6. The van der Waals surface area contributed by atoms with Gasteiger partial charge in [0.2, 0.25) is 23.6 Å². The first-order valence-electron chi connectivity index (χ1n) is 22.0. The molecule has 0 fully saturated rings. The average molecular weight is 907 g/mol. The molecule has 4 aromatic carbocycles. The number of amides is 6. The molecule has 0 aliphatic heterocycles. The van der Waals surface area contributed by atoms with E-state index in [1.165, 1.54) is 13.8 Å². The van der Waals surface area contributed by atoms with Crippen LogP contribution in [0.4, 0.5) is 9.59 Å². The number of hydrogen-bond acceptors (Lipinski definition) is 10. The summed E-state index contributed by atoms with van der Waals surface area (Å²) in [5.41, 5.74) is 2.83. The third-order valence-corrected chi connectivity index (χ3v) is 10.6. The number of benzene rings is 4. The van der Waals surface area contributed by atoms with Gasteiger partial charge in [-0.25, -0.2) is 9.59 Å². The Hall–Kier alpha value is -7.07. The van der Waals surface area contributed by atoms with Crippen molar-refractivity contribution in [3.05, 3.63) is 144 Å². The van der Waals surface area contributed by atoms with Crippen LogP contribution in [-0.4, -0.2) is 89.1 Å². The summed E-state index contributed by atoms with van der Waals surface area (Å²) in [4.78, 5) is 94.3. The van der Waals surface area contributed by atoms with E-state index in [1.54, 1.807) is 137 Å². The van der Waals surface area contributed by atoms with E-state index < -0.39 is 95.8 Å². The summed E-state index contributed by atoms with van der Waals surface area (Å²) in [5, 5.41) is 27.8. The van der Waals surface area contributed by atoms with Crippen LogP contribution in [-0.2, 0) is 59.5 Å². The van der Waals surface area contributed by atoms with Crippen molar-refractivity contribution in [3.8, 4) is 0 Å². The smallest absolute Gasteiger partial charge is 0.408 e. The second-order valence-corrected chi connectivity index (χ2v) is 16.7. The summed E-state index contributed by atoms with van der Waals surface area (Å²) in [6.07, 6.45) is -3.62. The van der Waals surface area contributed by atoms with E-state index in [4.69, 9.17) is 9.47 Å². The Morgan fingerprint density at radius 2 is 0.788 bits per heavy atom. The molecule has 16 nitrogen and oxygen atoms in total. The Balaban J connectivity index is 1.49. The van der Waals surface area contributed by atoms with Crippen LogP contribution < -0.4 is 31.9 Å². The number of rotatable bonds is 23. The van der Waals surface area contributed by atoms with E-state index in [0.29, 0.717) is 11.1 Å².